The number of halogens is 1. The van der Waals surface area contributed by atoms with E-state index in [1.807, 2.05) is 11.8 Å². The maximum absolute atomic E-state index is 6.13. The van der Waals surface area contributed by atoms with Crippen LogP contribution in [0.2, 0.25) is 0 Å². The van der Waals surface area contributed by atoms with Gasteiger partial charge in [0.05, 0.1) is 19.7 Å². The number of hydrogen-bond acceptors (Lipinski definition) is 4. The van der Waals surface area contributed by atoms with Crippen molar-refractivity contribution in [1.29, 1.82) is 0 Å². The molecule has 1 unspecified atom stereocenters. The quantitative estimate of drug-likeness (QED) is 0.350. The van der Waals surface area contributed by atoms with Gasteiger partial charge in [-0.25, -0.2) is 0 Å². The Morgan fingerprint density at radius 3 is 2.69 bits per heavy atom. The number of morpholine rings is 1. The first-order chi connectivity index (χ1) is 13.6. The van der Waals surface area contributed by atoms with Gasteiger partial charge in [0.25, 0.3) is 0 Å². The summed E-state index contributed by atoms with van der Waals surface area (Å²) in [5.41, 5.74) is 3.89. The van der Waals surface area contributed by atoms with Crippen molar-refractivity contribution in [1.82, 2.24) is 10.2 Å². The molecule has 164 valence electrons. The molecule has 0 saturated carbocycles. The first-order valence-electron chi connectivity index (χ1n) is 10.4. The Labute approximate surface area is 197 Å². The summed E-state index contributed by atoms with van der Waals surface area (Å²) < 4.78 is 11.9. The zero-order valence-corrected chi connectivity index (χ0v) is 21.3. The van der Waals surface area contributed by atoms with E-state index in [1.165, 1.54) is 16.7 Å². The number of benzene rings is 1. The van der Waals surface area contributed by atoms with Crippen LogP contribution >= 0.6 is 35.7 Å². The highest BCUT2D eigenvalue weighted by atomic mass is 127. The van der Waals surface area contributed by atoms with E-state index < -0.39 is 0 Å². The van der Waals surface area contributed by atoms with Crippen LogP contribution in [-0.2, 0) is 9.47 Å². The van der Waals surface area contributed by atoms with E-state index in [9.17, 15) is 0 Å². The molecule has 1 aromatic rings. The minimum atomic E-state index is 0. The van der Waals surface area contributed by atoms with Crippen LogP contribution < -0.4 is 5.32 Å². The van der Waals surface area contributed by atoms with Crippen molar-refractivity contribution in [3.05, 3.63) is 34.9 Å². The summed E-state index contributed by atoms with van der Waals surface area (Å²) in [6.07, 6.45) is 4.45. The number of rotatable bonds is 5. The van der Waals surface area contributed by atoms with Crippen molar-refractivity contribution in [2.45, 2.75) is 44.5 Å². The molecule has 2 fully saturated rings. The van der Waals surface area contributed by atoms with Gasteiger partial charge in [0.1, 0.15) is 6.10 Å². The summed E-state index contributed by atoms with van der Waals surface area (Å²) in [4.78, 5) is 7.43. The fourth-order valence-electron chi connectivity index (χ4n) is 4.03. The molecule has 2 heterocycles. The van der Waals surface area contributed by atoms with Gasteiger partial charge in [0, 0.05) is 31.1 Å². The molecule has 2 saturated heterocycles. The van der Waals surface area contributed by atoms with Crippen LogP contribution in [0, 0.1) is 13.8 Å². The number of nitrogens with one attached hydrogen (secondary N) is 1. The first-order valence-corrected chi connectivity index (χ1v) is 11.6. The number of thioether (sulfide) groups is 1. The lowest BCUT2D eigenvalue weighted by atomic mass is 9.99. The molecular weight excluding hydrogens is 497 g/mol. The van der Waals surface area contributed by atoms with Gasteiger partial charge < -0.3 is 19.7 Å². The van der Waals surface area contributed by atoms with Crippen molar-refractivity contribution in [3.8, 4) is 0 Å². The molecular formula is C22H36IN3O2S. The molecule has 2 aliphatic rings. The van der Waals surface area contributed by atoms with Crippen LogP contribution in [0.15, 0.2) is 23.2 Å². The maximum atomic E-state index is 6.13. The fraction of sp³-hybridized carbons (Fsp3) is 0.682. The molecule has 0 spiro atoms. The molecule has 0 radical (unpaired) electrons. The zero-order chi connectivity index (χ0) is 20.0. The summed E-state index contributed by atoms with van der Waals surface area (Å²) in [5, 5.41) is 3.51. The van der Waals surface area contributed by atoms with Gasteiger partial charge in [0.2, 0.25) is 0 Å². The Kier molecular flexibility index (Phi) is 10.0. The van der Waals surface area contributed by atoms with Crippen LogP contribution in [0.3, 0.4) is 0 Å². The average Bonchev–Trinajstić information content (AvgIpc) is 2.72. The summed E-state index contributed by atoms with van der Waals surface area (Å²) >= 11 is 1.94. The van der Waals surface area contributed by atoms with Gasteiger partial charge >= 0.3 is 0 Å². The van der Waals surface area contributed by atoms with Gasteiger partial charge in [-0.15, -0.1) is 24.0 Å². The van der Waals surface area contributed by atoms with E-state index in [1.54, 1.807) is 0 Å². The number of aliphatic imine (C=N–C) groups is 1. The van der Waals surface area contributed by atoms with Crippen LogP contribution in [-0.4, -0.2) is 67.9 Å². The third kappa shape index (κ3) is 6.48. The van der Waals surface area contributed by atoms with Crippen molar-refractivity contribution < 1.29 is 9.47 Å². The Bertz CT molecular complexity index is 680. The molecule has 7 heteroatoms. The Morgan fingerprint density at radius 1 is 1.28 bits per heavy atom. The predicted octanol–water partition coefficient (Wildman–Crippen LogP) is 4.17. The summed E-state index contributed by atoms with van der Waals surface area (Å²) in [6.45, 7) is 12.3. The molecule has 29 heavy (non-hydrogen) atoms. The highest BCUT2D eigenvalue weighted by Crippen LogP contribution is 2.34. The Balaban J connectivity index is 0.00000300. The SMILES string of the molecule is CCNC(=NCC1(SC)CCOCC1)N1CCOC(c2ccc(C)cc2C)C1.I. The van der Waals surface area contributed by atoms with Crippen LogP contribution in [0.1, 0.15) is 42.6 Å². The molecule has 0 bridgehead atoms. The fourth-order valence-corrected chi connectivity index (χ4v) is 4.80. The number of nitrogens with zero attached hydrogens (tertiary/aromatic N) is 2. The van der Waals surface area contributed by atoms with Crippen LogP contribution in [0.5, 0.6) is 0 Å². The Hall–Kier alpha value is -0.510. The normalized spacial score (nSPS) is 22.1. The van der Waals surface area contributed by atoms with E-state index in [2.05, 4.69) is 55.4 Å². The average molecular weight is 534 g/mol. The van der Waals surface area contributed by atoms with Gasteiger partial charge in [-0.05, 0) is 51.0 Å². The maximum Gasteiger partial charge on any atom is 0.194 e. The molecule has 1 N–H and O–H groups in total. The molecule has 0 aliphatic carbocycles. The highest BCUT2D eigenvalue weighted by Gasteiger charge is 2.32. The van der Waals surface area contributed by atoms with Crippen molar-refractivity contribution in [2.24, 2.45) is 4.99 Å². The largest absolute Gasteiger partial charge is 0.381 e. The molecule has 1 aromatic carbocycles. The van der Waals surface area contributed by atoms with Crippen LogP contribution in [0.25, 0.3) is 0 Å². The second-order valence-corrected chi connectivity index (χ2v) is 9.11. The number of aryl methyl sites for hydroxylation is 2. The number of hydrogen-bond donors (Lipinski definition) is 1. The van der Waals surface area contributed by atoms with Gasteiger partial charge in [-0.3, -0.25) is 4.99 Å². The minimum Gasteiger partial charge on any atom is -0.381 e. The second kappa shape index (κ2) is 11.8. The third-order valence-corrected chi connectivity index (χ3v) is 7.23. The van der Waals surface area contributed by atoms with E-state index in [0.717, 1.165) is 64.8 Å². The molecule has 2 aliphatic heterocycles. The lowest BCUT2D eigenvalue weighted by molar-refractivity contribution is -0.00838. The van der Waals surface area contributed by atoms with Crippen molar-refractivity contribution >= 4 is 41.7 Å². The van der Waals surface area contributed by atoms with E-state index in [-0.39, 0.29) is 34.8 Å². The molecule has 0 aromatic heterocycles. The number of ether oxygens (including phenoxy) is 2. The summed E-state index contributed by atoms with van der Waals surface area (Å²) in [7, 11) is 0. The Morgan fingerprint density at radius 2 is 2.03 bits per heavy atom. The third-order valence-electron chi connectivity index (χ3n) is 5.83. The van der Waals surface area contributed by atoms with E-state index in [4.69, 9.17) is 14.5 Å². The lowest BCUT2D eigenvalue weighted by Gasteiger charge is -2.37. The molecule has 5 nitrogen and oxygen atoms in total. The predicted molar refractivity (Wildman–Crippen MR) is 134 cm³/mol. The molecule has 3 rings (SSSR count). The topological polar surface area (TPSA) is 46.1 Å². The minimum absolute atomic E-state index is 0. The van der Waals surface area contributed by atoms with Gasteiger partial charge in [0.15, 0.2) is 5.96 Å². The van der Waals surface area contributed by atoms with Gasteiger partial charge in [-0.2, -0.15) is 11.8 Å². The lowest BCUT2D eigenvalue weighted by Crippen LogP contribution is -2.49. The number of guanidine groups is 1. The second-order valence-electron chi connectivity index (χ2n) is 7.84. The van der Waals surface area contributed by atoms with E-state index >= 15 is 0 Å². The van der Waals surface area contributed by atoms with Crippen molar-refractivity contribution in [3.63, 3.8) is 0 Å². The van der Waals surface area contributed by atoms with E-state index in [0.29, 0.717) is 0 Å². The molecule has 1 atom stereocenters. The first kappa shape index (κ1) is 24.8. The van der Waals surface area contributed by atoms with Crippen LogP contribution in [0.4, 0.5) is 0 Å². The zero-order valence-electron chi connectivity index (χ0n) is 18.2. The molecule has 0 amide bonds. The monoisotopic (exact) mass is 533 g/mol. The smallest absolute Gasteiger partial charge is 0.194 e. The standard InChI is InChI=1S/C22H35N3O2S.HI/c1-5-23-21(24-16-22(28-4)8-11-26-12-9-22)25-10-13-27-20(15-25)19-7-6-17(2)14-18(19)3;/h6-7,14,20H,5,8-13,15-16H2,1-4H3,(H,23,24);1H. The highest BCUT2D eigenvalue weighted by molar-refractivity contribution is 14.0. The van der Waals surface area contributed by atoms with Gasteiger partial charge in [-0.1, -0.05) is 23.8 Å². The summed E-state index contributed by atoms with van der Waals surface area (Å²) in [5.74, 6) is 1.01. The summed E-state index contributed by atoms with van der Waals surface area (Å²) in [6, 6.07) is 6.63. The van der Waals surface area contributed by atoms with Crippen molar-refractivity contribution in [2.75, 3.05) is 52.3 Å².